The second-order valence-electron chi connectivity index (χ2n) is 6.68. The molecule has 0 saturated heterocycles. The normalized spacial score (nSPS) is 19.5. The Hall–Kier alpha value is -1.34. The van der Waals surface area contributed by atoms with Gasteiger partial charge in [0.2, 0.25) is 0 Å². The summed E-state index contributed by atoms with van der Waals surface area (Å²) in [6.07, 6.45) is 7.29. The van der Waals surface area contributed by atoms with Gasteiger partial charge in [-0.2, -0.15) is 0 Å². The minimum atomic E-state index is 0.154. The number of hydrogen-bond acceptors (Lipinski definition) is 1. The Morgan fingerprint density at radius 3 is 2.16 bits per heavy atom. The van der Waals surface area contributed by atoms with Gasteiger partial charge in [0.1, 0.15) is 0 Å². The molecule has 19 heavy (non-hydrogen) atoms. The fraction of sp³-hybridized carbons (Fsp3) is 0.444. The van der Waals surface area contributed by atoms with Crippen LogP contribution in [0.1, 0.15) is 49.4 Å². The van der Waals surface area contributed by atoms with Gasteiger partial charge in [-0.3, -0.25) is 0 Å². The molecule has 0 saturated carbocycles. The molecule has 1 aromatic rings. The van der Waals surface area contributed by atoms with Crippen molar-refractivity contribution < 1.29 is 0 Å². The molecular weight excluding hydrogens is 230 g/mol. The van der Waals surface area contributed by atoms with Gasteiger partial charge < -0.3 is 5.73 Å². The summed E-state index contributed by atoms with van der Waals surface area (Å²) in [4.78, 5) is 0. The largest absolute Gasteiger partial charge is 0.324 e. The van der Waals surface area contributed by atoms with E-state index in [1.807, 2.05) is 0 Å². The highest BCUT2D eigenvalue weighted by atomic mass is 14.6. The quantitative estimate of drug-likeness (QED) is 0.796. The number of rotatable bonds is 1. The van der Waals surface area contributed by atoms with Crippen LogP contribution in [0.2, 0.25) is 0 Å². The standard InChI is InChI=1S/C18H25N/c1-12-9-15(18(3,4)5)10-13(2)17(12)14-7-6-8-16(19)11-14/h6-10,16H,11,19H2,1-5H3. The molecule has 0 bridgehead atoms. The lowest BCUT2D eigenvalue weighted by Crippen LogP contribution is -2.19. The van der Waals surface area contributed by atoms with Crippen molar-refractivity contribution in [2.45, 2.75) is 52.5 Å². The van der Waals surface area contributed by atoms with Crippen LogP contribution >= 0.6 is 0 Å². The van der Waals surface area contributed by atoms with Gasteiger partial charge in [-0.25, -0.2) is 0 Å². The Kier molecular flexibility index (Phi) is 3.69. The Morgan fingerprint density at radius 2 is 1.68 bits per heavy atom. The molecule has 1 atom stereocenters. The molecule has 0 spiro atoms. The molecule has 1 aromatic carbocycles. The maximum Gasteiger partial charge on any atom is 0.0267 e. The van der Waals surface area contributed by atoms with Crippen LogP contribution in [0.4, 0.5) is 0 Å². The van der Waals surface area contributed by atoms with Crippen molar-refractivity contribution >= 4 is 5.57 Å². The number of allylic oxidation sites excluding steroid dienone is 2. The highest BCUT2D eigenvalue weighted by Crippen LogP contribution is 2.33. The summed E-state index contributed by atoms with van der Waals surface area (Å²) < 4.78 is 0. The number of hydrogen-bond donors (Lipinski definition) is 1. The first-order valence-corrected chi connectivity index (χ1v) is 7.04. The number of benzene rings is 1. The lowest BCUT2D eigenvalue weighted by Gasteiger charge is -2.24. The Morgan fingerprint density at radius 1 is 1.11 bits per heavy atom. The van der Waals surface area contributed by atoms with Crippen molar-refractivity contribution in [2.24, 2.45) is 5.73 Å². The molecule has 102 valence electrons. The zero-order valence-corrected chi connectivity index (χ0v) is 12.7. The summed E-state index contributed by atoms with van der Waals surface area (Å²) >= 11 is 0. The SMILES string of the molecule is Cc1cc(C(C)(C)C)cc(C)c1C1=CC=CC(N)C1. The van der Waals surface area contributed by atoms with Crippen molar-refractivity contribution in [1.29, 1.82) is 0 Å². The topological polar surface area (TPSA) is 26.0 Å². The Balaban J connectivity index is 2.49. The van der Waals surface area contributed by atoms with Crippen LogP contribution in [0.3, 0.4) is 0 Å². The highest BCUT2D eigenvalue weighted by molar-refractivity contribution is 5.74. The van der Waals surface area contributed by atoms with Gasteiger partial charge in [-0.1, -0.05) is 51.1 Å². The van der Waals surface area contributed by atoms with Crippen LogP contribution < -0.4 is 5.73 Å². The van der Waals surface area contributed by atoms with Crippen LogP contribution in [0.15, 0.2) is 30.4 Å². The Labute approximate surface area is 117 Å². The van der Waals surface area contributed by atoms with Crippen LogP contribution in [-0.4, -0.2) is 6.04 Å². The molecule has 1 heteroatoms. The smallest absolute Gasteiger partial charge is 0.0267 e. The van der Waals surface area contributed by atoms with Crippen LogP contribution in [0.25, 0.3) is 5.57 Å². The van der Waals surface area contributed by atoms with Gasteiger partial charge in [-0.05, 0) is 53.5 Å². The van der Waals surface area contributed by atoms with E-state index in [1.165, 1.54) is 27.8 Å². The molecule has 1 aliphatic carbocycles. The molecule has 0 heterocycles. The lowest BCUT2D eigenvalue weighted by atomic mass is 9.81. The highest BCUT2D eigenvalue weighted by Gasteiger charge is 2.18. The zero-order valence-electron chi connectivity index (χ0n) is 12.7. The predicted octanol–water partition coefficient (Wildman–Crippen LogP) is 4.27. The van der Waals surface area contributed by atoms with Crippen molar-refractivity contribution in [1.82, 2.24) is 0 Å². The van der Waals surface area contributed by atoms with Crippen LogP contribution in [0.5, 0.6) is 0 Å². The monoisotopic (exact) mass is 255 g/mol. The first-order chi connectivity index (χ1) is 8.79. The summed E-state index contributed by atoms with van der Waals surface area (Å²) in [6, 6.07) is 4.81. The molecule has 0 radical (unpaired) electrons. The summed E-state index contributed by atoms with van der Waals surface area (Å²) in [5.41, 5.74) is 13.1. The second kappa shape index (κ2) is 4.97. The lowest BCUT2D eigenvalue weighted by molar-refractivity contribution is 0.589. The van der Waals surface area contributed by atoms with Gasteiger partial charge in [0.15, 0.2) is 0 Å². The molecule has 2 N–H and O–H groups in total. The molecule has 0 aromatic heterocycles. The van der Waals surface area contributed by atoms with Crippen molar-refractivity contribution in [2.75, 3.05) is 0 Å². The van der Waals surface area contributed by atoms with E-state index >= 15 is 0 Å². The van der Waals surface area contributed by atoms with Crippen molar-refractivity contribution in [3.05, 3.63) is 52.6 Å². The first kappa shape index (κ1) is 14.1. The van der Waals surface area contributed by atoms with Gasteiger partial charge in [-0.15, -0.1) is 0 Å². The third kappa shape index (κ3) is 2.98. The second-order valence-corrected chi connectivity index (χ2v) is 6.68. The molecule has 1 aliphatic rings. The molecule has 0 fully saturated rings. The van der Waals surface area contributed by atoms with Gasteiger partial charge in [0, 0.05) is 6.04 Å². The van der Waals surface area contributed by atoms with Crippen molar-refractivity contribution in [3.8, 4) is 0 Å². The van der Waals surface area contributed by atoms with Crippen LogP contribution in [-0.2, 0) is 5.41 Å². The summed E-state index contributed by atoms with van der Waals surface area (Å²) in [7, 11) is 0. The van der Waals surface area contributed by atoms with E-state index in [-0.39, 0.29) is 11.5 Å². The molecular formula is C18H25N. The average Bonchev–Trinajstić information content (AvgIpc) is 2.26. The molecule has 1 nitrogen and oxygen atoms in total. The van der Waals surface area contributed by atoms with E-state index in [0.717, 1.165) is 6.42 Å². The number of aryl methyl sites for hydroxylation is 2. The minimum Gasteiger partial charge on any atom is -0.324 e. The van der Waals surface area contributed by atoms with E-state index in [9.17, 15) is 0 Å². The zero-order chi connectivity index (χ0) is 14.2. The Bertz CT molecular complexity index is 518. The van der Waals surface area contributed by atoms with Crippen molar-refractivity contribution in [3.63, 3.8) is 0 Å². The van der Waals surface area contributed by atoms with Gasteiger partial charge in [0.25, 0.3) is 0 Å². The van der Waals surface area contributed by atoms with E-state index in [1.54, 1.807) is 0 Å². The summed E-state index contributed by atoms with van der Waals surface area (Å²) in [5.74, 6) is 0. The van der Waals surface area contributed by atoms with E-state index in [0.29, 0.717) is 0 Å². The van der Waals surface area contributed by atoms with Crippen LogP contribution in [0, 0.1) is 13.8 Å². The minimum absolute atomic E-state index is 0.154. The maximum absolute atomic E-state index is 6.03. The van der Waals surface area contributed by atoms with E-state index in [2.05, 4.69) is 65.0 Å². The average molecular weight is 255 g/mol. The molecule has 0 aliphatic heterocycles. The molecule has 1 unspecified atom stereocenters. The first-order valence-electron chi connectivity index (χ1n) is 7.04. The summed E-state index contributed by atoms with van der Waals surface area (Å²) in [6.45, 7) is 11.2. The third-order valence-corrected chi connectivity index (χ3v) is 3.83. The van der Waals surface area contributed by atoms with Gasteiger partial charge in [0.05, 0.1) is 0 Å². The summed E-state index contributed by atoms with van der Waals surface area (Å²) in [5, 5.41) is 0. The number of nitrogens with two attached hydrogens (primary N) is 1. The fourth-order valence-corrected chi connectivity index (χ4v) is 2.79. The van der Waals surface area contributed by atoms with Gasteiger partial charge >= 0.3 is 0 Å². The molecule has 2 rings (SSSR count). The third-order valence-electron chi connectivity index (χ3n) is 3.83. The molecule has 0 amide bonds. The maximum atomic E-state index is 6.03. The van der Waals surface area contributed by atoms with E-state index < -0.39 is 0 Å². The van der Waals surface area contributed by atoms with E-state index in [4.69, 9.17) is 5.73 Å². The fourth-order valence-electron chi connectivity index (χ4n) is 2.79. The predicted molar refractivity (Wildman–Crippen MR) is 84.3 cm³/mol.